The number of para-hydroxylation sites is 2. The van der Waals surface area contributed by atoms with Crippen molar-refractivity contribution in [2.45, 2.75) is 64.1 Å². The molecule has 4 rings (SSSR count). The van der Waals surface area contributed by atoms with Crippen LogP contribution in [0, 0.1) is 6.92 Å². The molecule has 0 fully saturated rings. The highest BCUT2D eigenvalue weighted by Crippen LogP contribution is 2.33. The van der Waals surface area contributed by atoms with Gasteiger partial charge in [0.05, 0.1) is 17.2 Å². The molecule has 4 aromatic rings. The zero-order valence-electron chi connectivity index (χ0n) is 26.9. The average molecular weight is 642 g/mol. The third kappa shape index (κ3) is 8.75. The zero-order chi connectivity index (χ0) is 33.1. The summed E-state index contributed by atoms with van der Waals surface area (Å²) in [6, 6.07) is 31.0. The van der Waals surface area contributed by atoms with Crippen LogP contribution in [0.2, 0.25) is 0 Å². The van der Waals surface area contributed by atoms with Crippen LogP contribution in [0.25, 0.3) is 0 Å². The first-order valence-corrected chi connectivity index (χ1v) is 17.1. The third-order valence-corrected chi connectivity index (χ3v) is 9.56. The van der Waals surface area contributed by atoms with Gasteiger partial charge in [0.2, 0.25) is 11.8 Å². The Kier molecular flexibility index (Phi) is 12.0. The second-order valence-electron chi connectivity index (χ2n) is 11.3. The number of nitrogens with zero attached hydrogens (tertiary/aromatic N) is 2. The molecule has 0 saturated heterocycles. The maximum atomic E-state index is 14.6. The maximum absolute atomic E-state index is 14.6. The number of amides is 2. The van der Waals surface area contributed by atoms with Crippen molar-refractivity contribution in [2.24, 2.45) is 0 Å². The Morgan fingerprint density at radius 1 is 0.804 bits per heavy atom. The Balaban J connectivity index is 1.83. The molecule has 242 valence electrons. The van der Waals surface area contributed by atoms with Gasteiger partial charge >= 0.3 is 0 Å². The van der Waals surface area contributed by atoms with E-state index in [4.69, 9.17) is 4.74 Å². The van der Waals surface area contributed by atoms with Gasteiger partial charge in [0, 0.05) is 19.0 Å². The minimum Gasteiger partial charge on any atom is -0.492 e. The molecule has 0 heterocycles. The molecular weight excluding hydrogens is 598 g/mol. The van der Waals surface area contributed by atoms with Crippen molar-refractivity contribution in [3.05, 3.63) is 126 Å². The lowest BCUT2D eigenvalue weighted by molar-refractivity contribution is -0.140. The van der Waals surface area contributed by atoms with Crippen molar-refractivity contribution < 1.29 is 22.7 Å². The summed E-state index contributed by atoms with van der Waals surface area (Å²) >= 11 is 0. The van der Waals surface area contributed by atoms with Crippen LogP contribution in [0.15, 0.2) is 114 Å². The Morgan fingerprint density at radius 2 is 1.41 bits per heavy atom. The minimum atomic E-state index is -4.22. The largest absolute Gasteiger partial charge is 0.492 e. The number of nitrogens with one attached hydrogen (secondary N) is 1. The molecule has 4 aromatic carbocycles. The first-order valence-electron chi connectivity index (χ1n) is 15.6. The topological polar surface area (TPSA) is 96.0 Å². The van der Waals surface area contributed by atoms with Gasteiger partial charge in [0.15, 0.2) is 0 Å². The average Bonchev–Trinajstić information content (AvgIpc) is 3.07. The minimum absolute atomic E-state index is 0.0366. The van der Waals surface area contributed by atoms with Gasteiger partial charge in [-0.05, 0) is 62.6 Å². The number of anilines is 1. The molecule has 8 nitrogen and oxygen atoms in total. The molecule has 0 aromatic heterocycles. The Labute approximate surface area is 273 Å². The lowest BCUT2D eigenvalue weighted by atomic mass is 10.0. The molecule has 0 bridgehead atoms. The predicted molar refractivity (Wildman–Crippen MR) is 182 cm³/mol. The van der Waals surface area contributed by atoms with E-state index < -0.39 is 28.5 Å². The van der Waals surface area contributed by atoms with Crippen molar-refractivity contribution >= 4 is 27.5 Å². The van der Waals surface area contributed by atoms with Crippen molar-refractivity contribution in [3.8, 4) is 5.75 Å². The van der Waals surface area contributed by atoms with Gasteiger partial charge in [-0.1, -0.05) is 97.4 Å². The number of hydrogen-bond acceptors (Lipinski definition) is 5. The lowest BCUT2D eigenvalue weighted by Crippen LogP contribution is -2.54. The summed E-state index contributed by atoms with van der Waals surface area (Å²) in [7, 11) is -4.22. The van der Waals surface area contributed by atoms with E-state index in [0.29, 0.717) is 18.8 Å². The van der Waals surface area contributed by atoms with Crippen LogP contribution < -0.4 is 14.4 Å². The van der Waals surface area contributed by atoms with Gasteiger partial charge in [0.1, 0.15) is 18.3 Å². The summed E-state index contributed by atoms with van der Waals surface area (Å²) in [5.74, 6) is -0.491. The van der Waals surface area contributed by atoms with Crippen LogP contribution in [0.1, 0.15) is 43.9 Å². The van der Waals surface area contributed by atoms with Crippen LogP contribution in [-0.2, 0) is 32.6 Å². The van der Waals surface area contributed by atoms with E-state index in [2.05, 4.69) is 5.32 Å². The highest BCUT2D eigenvalue weighted by Gasteiger charge is 2.35. The number of benzene rings is 4. The molecule has 0 aliphatic rings. The number of sulfonamides is 1. The van der Waals surface area contributed by atoms with Crippen LogP contribution in [0.4, 0.5) is 5.69 Å². The van der Waals surface area contributed by atoms with E-state index in [1.54, 1.807) is 42.5 Å². The number of hydrogen-bond donors (Lipinski definition) is 1. The van der Waals surface area contributed by atoms with Gasteiger partial charge in [-0.25, -0.2) is 8.42 Å². The molecular formula is C37H43N3O5S. The zero-order valence-corrected chi connectivity index (χ0v) is 27.7. The van der Waals surface area contributed by atoms with E-state index in [0.717, 1.165) is 21.0 Å². The van der Waals surface area contributed by atoms with E-state index in [1.165, 1.54) is 17.0 Å². The van der Waals surface area contributed by atoms with Crippen LogP contribution in [0.5, 0.6) is 5.75 Å². The lowest BCUT2D eigenvalue weighted by Gasteiger charge is -2.34. The monoisotopic (exact) mass is 641 g/mol. The first-order chi connectivity index (χ1) is 22.1. The number of ether oxygens (including phenoxy) is 1. The maximum Gasteiger partial charge on any atom is 0.264 e. The SMILES string of the molecule is CCOc1ccccc1N(CC(=O)N(Cc1ccc(C)cc1)[C@@H](Cc1ccccc1)C(=O)N[C@H](C)CC)S(=O)(=O)c1ccccc1. The fourth-order valence-corrected chi connectivity index (χ4v) is 6.50. The van der Waals surface area contributed by atoms with E-state index >= 15 is 0 Å². The highest BCUT2D eigenvalue weighted by atomic mass is 32.2. The summed E-state index contributed by atoms with van der Waals surface area (Å²) in [6.45, 7) is 7.56. The fraction of sp³-hybridized carbons (Fsp3) is 0.297. The summed E-state index contributed by atoms with van der Waals surface area (Å²) < 4.78 is 35.4. The molecule has 9 heteroatoms. The van der Waals surface area contributed by atoms with Crippen molar-refractivity contribution in [2.75, 3.05) is 17.5 Å². The van der Waals surface area contributed by atoms with Crippen molar-refractivity contribution in [1.29, 1.82) is 0 Å². The third-order valence-electron chi connectivity index (χ3n) is 7.79. The number of carbonyl (C=O) groups excluding carboxylic acids is 2. The van der Waals surface area contributed by atoms with Gasteiger partial charge in [-0.15, -0.1) is 0 Å². The van der Waals surface area contributed by atoms with E-state index in [9.17, 15) is 18.0 Å². The predicted octanol–water partition coefficient (Wildman–Crippen LogP) is 6.14. The van der Waals surface area contributed by atoms with Crippen molar-refractivity contribution in [1.82, 2.24) is 10.2 Å². The van der Waals surface area contributed by atoms with Crippen molar-refractivity contribution in [3.63, 3.8) is 0 Å². The first kappa shape index (κ1) is 34.2. The van der Waals surface area contributed by atoms with Gasteiger partial charge in [-0.3, -0.25) is 13.9 Å². The van der Waals surface area contributed by atoms with Gasteiger partial charge in [-0.2, -0.15) is 0 Å². The van der Waals surface area contributed by atoms with E-state index in [-0.39, 0.29) is 35.5 Å². The molecule has 46 heavy (non-hydrogen) atoms. The molecule has 2 amide bonds. The second-order valence-corrected chi connectivity index (χ2v) is 13.1. The summed E-state index contributed by atoms with van der Waals surface area (Å²) in [6.07, 6.45) is 0.967. The number of aryl methyl sites for hydroxylation is 1. The normalized spacial score (nSPS) is 12.5. The standard InChI is InChI=1S/C37H43N3O5S/c1-5-29(4)38-37(42)34(25-30-15-9-7-10-16-30)39(26-31-23-21-28(3)22-24-31)36(41)27-40(33-19-13-14-20-35(33)45-6-2)46(43,44)32-17-11-8-12-18-32/h7-24,29,34H,5-6,25-27H2,1-4H3,(H,38,42)/t29-,34+/m1/s1. The summed E-state index contributed by atoms with van der Waals surface area (Å²) in [5, 5.41) is 3.06. The van der Waals surface area contributed by atoms with Crippen LogP contribution in [-0.4, -0.2) is 50.4 Å². The van der Waals surface area contributed by atoms with Gasteiger partial charge in [0.25, 0.3) is 10.0 Å². The smallest absolute Gasteiger partial charge is 0.264 e. The molecule has 1 N–H and O–H groups in total. The number of carbonyl (C=O) groups is 2. The fourth-order valence-electron chi connectivity index (χ4n) is 5.06. The summed E-state index contributed by atoms with van der Waals surface area (Å²) in [5.41, 5.74) is 3.00. The Hall–Kier alpha value is -4.63. The molecule has 0 aliphatic heterocycles. The molecule has 0 radical (unpaired) electrons. The molecule has 0 unspecified atom stereocenters. The molecule has 0 aliphatic carbocycles. The summed E-state index contributed by atoms with van der Waals surface area (Å²) in [4.78, 5) is 30.1. The van der Waals surface area contributed by atoms with Crippen LogP contribution >= 0.6 is 0 Å². The quantitative estimate of drug-likeness (QED) is 0.168. The second kappa shape index (κ2) is 16.1. The van der Waals surface area contributed by atoms with Gasteiger partial charge < -0.3 is 15.0 Å². The molecule has 0 spiro atoms. The highest BCUT2D eigenvalue weighted by molar-refractivity contribution is 7.92. The Morgan fingerprint density at radius 3 is 2.04 bits per heavy atom. The van der Waals surface area contributed by atoms with Crippen LogP contribution in [0.3, 0.4) is 0 Å². The number of rotatable bonds is 15. The van der Waals surface area contributed by atoms with E-state index in [1.807, 2.05) is 82.3 Å². The molecule has 2 atom stereocenters. The molecule has 0 saturated carbocycles. The Bertz CT molecular complexity index is 1680.